The molecule has 0 bridgehead atoms. The number of nitro benzene ring substituents is 1. The number of hydrogen-bond acceptors (Lipinski definition) is 7. The van der Waals surface area contributed by atoms with Gasteiger partial charge >= 0.3 is 5.97 Å². The first kappa shape index (κ1) is 18.1. The predicted molar refractivity (Wildman–Crippen MR) is 92.0 cm³/mol. The van der Waals surface area contributed by atoms with Crippen molar-refractivity contribution in [1.82, 2.24) is 4.90 Å². The van der Waals surface area contributed by atoms with Gasteiger partial charge in [-0.05, 0) is 25.0 Å². The molecule has 1 saturated carbocycles. The van der Waals surface area contributed by atoms with Crippen LogP contribution >= 0.6 is 0 Å². The summed E-state index contributed by atoms with van der Waals surface area (Å²) in [6, 6.07) is 4.74. The summed E-state index contributed by atoms with van der Waals surface area (Å²) in [4.78, 5) is 36.5. The smallest absolute Gasteiger partial charge is 0.308 e. The predicted octanol–water partition coefficient (Wildman–Crippen LogP) is 1.57. The number of nitrogens with one attached hydrogen (secondary N) is 1. The Morgan fingerprint density at radius 1 is 1.42 bits per heavy atom. The van der Waals surface area contributed by atoms with E-state index < -0.39 is 17.0 Å². The van der Waals surface area contributed by atoms with E-state index in [1.54, 1.807) is 17.0 Å². The number of amides is 1. The Kier molecular flexibility index (Phi) is 5.36. The van der Waals surface area contributed by atoms with Gasteiger partial charge in [0.25, 0.3) is 11.6 Å². The van der Waals surface area contributed by atoms with Crippen molar-refractivity contribution >= 4 is 23.3 Å². The standard InChI is InChI=1S/C17H21N3O6/c1-25-16(21)9-13-10-19(6-7-26-13)17(22)11-2-5-14(18-12-3-4-12)15(8-11)20(23)24/h2,5,8,12-13,18H,3-4,6-7,9-10H2,1H3. The number of rotatable bonds is 6. The molecule has 1 saturated heterocycles. The molecule has 26 heavy (non-hydrogen) atoms. The summed E-state index contributed by atoms with van der Waals surface area (Å²) in [6.07, 6.45) is 1.61. The number of anilines is 1. The van der Waals surface area contributed by atoms with Gasteiger partial charge in [0, 0.05) is 30.8 Å². The van der Waals surface area contributed by atoms with Crippen LogP contribution in [0.2, 0.25) is 0 Å². The van der Waals surface area contributed by atoms with E-state index in [0.29, 0.717) is 18.8 Å². The number of morpholine rings is 1. The lowest BCUT2D eigenvalue weighted by atomic mass is 10.1. The summed E-state index contributed by atoms with van der Waals surface area (Å²) in [6.45, 7) is 0.910. The second-order valence-electron chi connectivity index (χ2n) is 6.43. The van der Waals surface area contributed by atoms with Crippen LogP contribution in [0.4, 0.5) is 11.4 Å². The Balaban J connectivity index is 1.73. The van der Waals surface area contributed by atoms with Gasteiger partial charge in [0.2, 0.25) is 0 Å². The second kappa shape index (κ2) is 7.69. The van der Waals surface area contributed by atoms with Gasteiger partial charge in [-0.3, -0.25) is 19.7 Å². The number of nitrogens with zero attached hydrogens (tertiary/aromatic N) is 2. The highest BCUT2D eigenvalue weighted by atomic mass is 16.6. The minimum absolute atomic E-state index is 0.0602. The fourth-order valence-electron chi connectivity index (χ4n) is 2.86. The summed E-state index contributed by atoms with van der Waals surface area (Å²) in [5.74, 6) is -0.723. The zero-order valence-corrected chi connectivity index (χ0v) is 14.5. The Bertz CT molecular complexity index is 718. The van der Waals surface area contributed by atoms with Crippen molar-refractivity contribution < 1.29 is 24.0 Å². The highest BCUT2D eigenvalue weighted by Crippen LogP contribution is 2.32. The van der Waals surface area contributed by atoms with Crippen LogP contribution in [0.3, 0.4) is 0 Å². The van der Waals surface area contributed by atoms with Crippen molar-refractivity contribution in [2.75, 3.05) is 32.1 Å². The van der Waals surface area contributed by atoms with E-state index in [4.69, 9.17) is 4.74 Å². The number of hydrogen-bond donors (Lipinski definition) is 1. The Morgan fingerprint density at radius 2 is 2.19 bits per heavy atom. The summed E-state index contributed by atoms with van der Waals surface area (Å²) in [5, 5.41) is 14.5. The van der Waals surface area contributed by atoms with Crippen molar-refractivity contribution in [3.8, 4) is 0 Å². The van der Waals surface area contributed by atoms with Crippen LogP contribution in [-0.2, 0) is 14.3 Å². The molecule has 2 fully saturated rings. The van der Waals surface area contributed by atoms with Crippen LogP contribution in [0.15, 0.2) is 18.2 Å². The molecule has 0 aromatic heterocycles. The molecule has 1 aromatic carbocycles. The van der Waals surface area contributed by atoms with Crippen LogP contribution in [0.25, 0.3) is 0 Å². The number of benzene rings is 1. The monoisotopic (exact) mass is 363 g/mol. The van der Waals surface area contributed by atoms with E-state index in [1.165, 1.54) is 13.2 Å². The van der Waals surface area contributed by atoms with E-state index in [-0.39, 0.29) is 36.2 Å². The number of carbonyl (C=O) groups is 2. The van der Waals surface area contributed by atoms with E-state index in [1.807, 2.05) is 0 Å². The first-order valence-corrected chi connectivity index (χ1v) is 8.50. The minimum Gasteiger partial charge on any atom is -0.469 e. The minimum atomic E-state index is -0.485. The van der Waals surface area contributed by atoms with Gasteiger partial charge in [-0.2, -0.15) is 0 Å². The quantitative estimate of drug-likeness (QED) is 0.464. The maximum Gasteiger partial charge on any atom is 0.308 e. The Morgan fingerprint density at radius 3 is 2.85 bits per heavy atom. The van der Waals surface area contributed by atoms with Gasteiger partial charge < -0.3 is 19.7 Å². The molecule has 2 aliphatic rings. The van der Waals surface area contributed by atoms with Gasteiger partial charge in [0.1, 0.15) is 5.69 Å². The number of nitro groups is 1. The van der Waals surface area contributed by atoms with Crippen LogP contribution in [0.1, 0.15) is 29.6 Å². The molecule has 1 heterocycles. The molecular weight excluding hydrogens is 342 g/mol. The van der Waals surface area contributed by atoms with Gasteiger partial charge in [0.15, 0.2) is 0 Å². The zero-order valence-electron chi connectivity index (χ0n) is 14.5. The van der Waals surface area contributed by atoms with E-state index in [9.17, 15) is 19.7 Å². The molecule has 1 unspecified atom stereocenters. The third kappa shape index (κ3) is 4.29. The summed E-state index contributed by atoms with van der Waals surface area (Å²) in [7, 11) is 1.30. The molecule has 1 aliphatic heterocycles. The van der Waals surface area contributed by atoms with Gasteiger partial charge in [-0.1, -0.05) is 0 Å². The molecule has 1 aromatic rings. The normalized spacial score (nSPS) is 19.7. The maximum atomic E-state index is 12.7. The molecule has 9 nitrogen and oxygen atoms in total. The van der Waals surface area contributed by atoms with Gasteiger partial charge in [-0.25, -0.2) is 0 Å². The Hall–Kier alpha value is -2.68. The lowest BCUT2D eigenvalue weighted by molar-refractivity contribution is -0.384. The molecule has 3 rings (SSSR count). The lowest BCUT2D eigenvalue weighted by Crippen LogP contribution is -2.46. The first-order chi connectivity index (χ1) is 12.5. The highest BCUT2D eigenvalue weighted by Gasteiger charge is 2.29. The van der Waals surface area contributed by atoms with Crippen LogP contribution < -0.4 is 5.32 Å². The fraction of sp³-hybridized carbons (Fsp3) is 0.529. The third-order valence-corrected chi connectivity index (χ3v) is 4.43. The number of carbonyl (C=O) groups excluding carboxylic acids is 2. The Labute approximate surface area is 150 Å². The van der Waals surface area contributed by atoms with Crippen LogP contribution in [-0.4, -0.2) is 60.7 Å². The molecule has 9 heteroatoms. The van der Waals surface area contributed by atoms with Crippen LogP contribution in [0.5, 0.6) is 0 Å². The van der Waals surface area contributed by atoms with Gasteiger partial charge in [-0.15, -0.1) is 0 Å². The molecule has 140 valence electrons. The summed E-state index contributed by atoms with van der Waals surface area (Å²) in [5.41, 5.74) is 0.568. The molecular formula is C17H21N3O6. The van der Waals surface area contributed by atoms with E-state index in [0.717, 1.165) is 12.8 Å². The fourth-order valence-corrected chi connectivity index (χ4v) is 2.86. The van der Waals surface area contributed by atoms with Crippen molar-refractivity contribution in [1.29, 1.82) is 0 Å². The topological polar surface area (TPSA) is 111 Å². The molecule has 1 amide bonds. The van der Waals surface area contributed by atoms with Gasteiger partial charge in [0.05, 0.1) is 31.2 Å². The van der Waals surface area contributed by atoms with Crippen molar-refractivity contribution in [2.45, 2.75) is 31.4 Å². The van der Waals surface area contributed by atoms with Crippen molar-refractivity contribution in [2.24, 2.45) is 0 Å². The second-order valence-corrected chi connectivity index (χ2v) is 6.43. The first-order valence-electron chi connectivity index (χ1n) is 8.50. The molecule has 0 radical (unpaired) electrons. The van der Waals surface area contributed by atoms with Crippen molar-refractivity contribution in [3.63, 3.8) is 0 Å². The maximum absolute atomic E-state index is 12.7. The van der Waals surface area contributed by atoms with Crippen molar-refractivity contribution in [3.05, 3.63) is 33.9 Å². The van der Waals surface area contributed by atoms with E-state index >= 15 is 0 Å². The average Bonchev–Trinajstić information content (AvgIpc) is 3.45. The number of esters is 1. The molecule has 1 atom stereocenters. The van der Waals surface area contributed by atoms with Crippen LogP contribution in [0, 0.1) is 10.1 Å². The lowest BCUT2D eigenvalue weighted by Gasteiger charge is -2.32. The largest absolute Gasteiger partial charge is 0.469 e. The SMILES string of the molecule is COC(=O)CC1CN(C(=O)c2ccc(NC3CC3)c([N+](=O)[O-])c2)CCO1. The number of methoxy groups -OCH3 is 1. The molecule has 1 N–H and O–H groups in total. The zero-order chi connectivity index (χ0) is 18.7. The number of ether oxygens (including phenoxy) is 2. The molecule has 0 spiro atoms. The van der Waals surface area contributed by atoms with E-state index in [2.05, 4.69) is 10.1 Å². The third-order valence-electron chi connectivity index (χ3n) is 4.43. The molecule has 1 aliphatic carbocycles. The summed E-state index contributed by atoms with van der Waals surface area (Å²) >= 11 is 0. The summed E-state index contributed by atoms with van der Waals surface area (Å²) < 4.78 is 10.1. The average molecular weight is 363 g/mol. The highest BCUT2D eigenvalue weighted by molar-refractivity contribution is 5.96.